The molecule has 0 radical (unpaired) electrons. The first kappa shape index (κ1) is 13.9. The molecular formula is C13H18N2O3S. The zero-order chi connectivity index (χ0) is 13.9. The van der Waals surface area contributed by atoms with Gasteiger partial charge >= 0.3 is 0 Å². The highest BCUT2D eigenvalue weighted by molar-refractivity contribution is 7.90. The molecule has 2 N–H and O–H groups in total. The number of carbonyl (C=O) groups is 1. The van der Waals surface area contributed by atoms with Crippen LogP contribution in [-0.4, -0.2) is 39.4 Å². The van der Waals surface area contributed by atoms with E-state index in [2.05, 4.69) is 10.6 Å². The monoisotopic (exact) mass is 282 g/mol. The van der Waals surface area contributed by atoms with Crippen LogP contribution in [0.2, 0.25) is 0 Å². The molecule has 104 valence electrons. The molecule has 1 unspecified atom stereocenters. The maximum atomic E-state index is 12.1. The molecule has 0 saturated carbocycles. The number of hydrogen-bond donors (Lipinski definition) is 2. The summed E-state index contributed by atoms with van der Waals surface area (Å²) in [6, 6.07) is 7.71. The Morgan fingerprint density at radius 1 is 1.42 bits per heavy atom. The number of benzene rings is 1. The van der Waals surface area contributed by atoms with Crippen LogP contribution in [0, 0.1) is 0 Å². The number of sulfone groups is 1. The molecule has 1 amide bonds. The van der Waals surface area contributed by atoms with Crippen LogP contribution < -0.4 is 10.6 Å². The number of anilines is 1. The van der Waals surface area contributed by atoms with E-state index in [1.54, 1.807) is 0 Å². The number of amides is 1. The normalized spacial score (nSPS) is 18.3. The molecule has 0 saturated heterocycles. The molecule has 0 spiro atoms. The maximum absolute atomic E-state index is 12.1. The van der Waals surface area contributed by atoms with Crippen molar-refractivity contribution >= 4 is 21.4 Å². The standard InChI is InChI=1S/C13H18N2O3S/c1-19(17,18)9-8-15-13(16)11-6-7-14-12-5-3-2-4-10(11)12/h2-5,11,14H,6-9H2,1H3,(H,15,16). The van der Waals surface area contributed by atoms with Crippen LogP contribution in [0.3, 0.4) is 0 Å². The van der Waals surface area contributed by atoms with E-state index in [4.69, 9.17) is 0 Å². The zero-order valence-electron chi connectivity index (χ0n) is 10.8. The first-order valence-electron chi connectivity index (χ1n) is 6.25. The molecule has 5 nitrogen and oxygen atoms in total. The summed E-state index contributed by atoms with van der Waals surface area (Å²) in [5, 5.41) is 5.96. The number of para-hydroxylation sites is 1. The molecule has 1 aliphatic rings. The molecule has 0 bridgehead atoms. The lowest BCUT2D eigenvalue weighted by atomic mass is 9.90. The highest BCUT2D eigenvalue weighted by Gasteiger charge is 2.25. The van der Waals surface area contributed by atoms with Crippen molar-refractivity contribution < 1.29 is 13.2 Å². The highest BCUT2D eigenvalue weighted by atomic mass is 32.2. The van der Waals surface area contributed by atoms with Crippen molar-refractivity contribution in [2.75, 3.05) is 30.4 Å². The van der Waals surface area contributed by atoms with Crippen LogP contribution in [0.15, 0.2) is 24.3 Å². The Kier molecular flexibility index (Phi) is 4.09. The molecule has 1 atom stereocenters. The van der Waals surface area contributed by atoms with Gasteiger partial charge in [-0.3, -0.25) is 4.79 Å². The van der Waals surface area contributed by atoms with Gasteiger partial charge in [0, 0.05) is 25.0 Å². The number of nitrogens with one attached hydrogen (secondary N) is 2. The fourth-order valence-electron chi connectivity index (χ4n) is 2.22. The van der Waals surface area contributed by atoms with Crippen LogP contribution in [0.1, 0.15) is 17.9 Å². The van der Waals surface area contributed by atoms with Gasteiger partial charge in [0.25, 0.3) is 0 Å². The molecule has 1 heterocycles. The topological polar surface area (TPSA) is 75.3 Å². The number of rotatable bonds is 4. The third-order valence-corrected chi connectivity index (χ3v) is 4.12. The third kappa shape index (κ3) is 3.70. The second-order valence-electron chi connectivity index (χ2n) is 4.78. The average Bonchev–Trinajstić information content (AvgIpc) is 2.36. The first-order chi connectivity index (χ1) is 8.97. The lowest BCUT2D eigenvalue weighted by molar-refractivity contribution is -0.122. The molecule has 1 aromatic carbocycles. The van der Waals surface area contributed by atoms with Gasteiger partial charge in [-0.2, -0.15) is 0 Å². The summed E-state index contributed by atoms with van der Waals surface area (Å²) in [5.74, 6) is -0.319. The largest absolute Gasteiger partial charge is 0.385 e. The van der Waals surface area contributed by atoms with Crippen molar-refractivity contribution in [1.29, 1.82) is 0 Å². The molecule has 1 aliphatic heterocycles. The summed E-state index contributed by atoms with van der Waals surface area (Å²) in [4.78, 5) is 12.1. The molecule has 2 rings (SSSR count). The Morgan fingerprint density at radius 3 is 2.89 bits per heavy atom. The predicted molar refractivity (Wildman–Crippen MR) is 75.0 cm³/mol. The van der Waals surface area contributed by atoms with E-state index in [0.717, 1.165) is 24.2 Å². The number of hydrogen-bond acceptors (Lipinski definition) is 4. The van der Waals surface area contributed by atoms with Gasteiger partial charge in [-0.15, -0.1) is 0 Å². The van der Waals surface area contributed by atoms with Crippen molar-refractivity contribution in [3.05, 3.63) is 29.8 Å². The zero-order valence-corrected chi connectivity index (χ0v) is 11.7. The van der Waals surface area contributed by atoms with Gasteiger partial charge in [0.1, 0.15) is 9.84 Å². The Bertz CT molecular complexity index is 569. The predicted octanol–water partition coefficient (Wildman–Crippen LogP) is 0.747. The van der Waals surface area contributed by atoms with Crippen LogP contribution in [0.25, 0.3) is 0 Å². The van der Waals surface area contributed by atoms with Gasteiger partial charge in [-0.25, -0.2) is 8.42 Å². The molecule has 1 aromatic rings. The van der Waals surface area contributed by atoms with Gasteiger partial charge in [0.2, 0.25) is 5.91 Å². The van der Waals surface area contributed by atoms with Crippen LogP contribution in [0.4, 0.5) is 5.69 Å². The van der Waals surface area contributed by atoms with Gasteiger partial charge in [0.05, 0.1) is 11.7 Å². The first-order valence-corrected chi connectivity index (χ1v) is 8.31. The van der Waals surface area contributed by atoms with Gasteiger partial charge in [0.15, 0.2) is 0 Å². The number of fused-ring (bicyclic) bond motifs is 1. The van der Waals surface area contributed by atoms with E-state index >= 15 is 0 Å². The van der Waals surface area contributed by atoms with Crippen LogP contribution in [-0.2, 0) is 14.6 Å². The van der Waals surface area contributed by atoms with E-state index in [0.29, 0.717) is 0 Å². The molecule has 6 heteroatoms. The summed E-state index contributed by atoms with van der Waals surface area (Å²) >= 11 is 0. The SMILES string of the molecule is CS(=O)(=O)CCNC(=O)C1CCNc2ccccc21. The fourth-order valence-corrected chi connectivity index (χ4v) is 2.70. The molecule has 0 aromatic heterocycles. The fraction of sp³-hybridized carbons (Fsp3) is 0.462. The lowest BCUT2D eigenvalue weighted by Gasteiger charge is -2.25. The van der Waals surface area contributed by atoms with Gasteiger partial charge in [-0.1, -0.05) is 18.2 Å². The second-order valence-corrected chi connectivity index (χ2v) is 7.04. The number of carbonyl (C=O) groups excluding carboxylic acids is 1. The Morgan fingerprint density at radius 2 is 2.16 bits per heavy atom. The van der Waals surface area contributed by atoms with E-state index < -0.39 is 9.84 Å². The van der Waals surface area contributed by atoms with Crippen molar-refractivity contribution in [2.24, 2.45) is 0 Å². The highest BCUT2D eigenvalue weighted by Crippen LogP contribution is 2.31. The lowest BCUT2D eigenvalue weighted by Crippen LogP contribution is -2.35. The average molecular weight is 282 g/mol. The quantitative estimate of drug-likeness (QED) is 0.854. The Balaban J connectivity index is 2.01. The van der Waals surface area contributed by atoms with Gasteiger partial charge in [-0.05, 0) is 18.1 Å². The summed E-state index contributed by atoms with van der Waals surface area (Å²) in [7, 11) is -3.04. The van der Waals surface area contributed by atoms with E-state index in [-0.39, 0.29) is 24.1 Å². The maximum Gasteiger partial charge on any atom is 0.227 e. The molecule has 0 aliphatic carbocycles. The molecular weight excluding hydrogens is 264 g/mol. The molecule has 0 fully saturated rings. The summed E-state index contributed by atoms with van der Waals surface area (Å²) in [6.45, 7) is 0.922. The van der Waals surface area contributed by atoms with Crippen molar-refractivity contribution in [3.63, 3.8) is 0 Å². The third-order valence-electron chi connectivity index (χ3n) is 3.17. The van der Waals surface area contributed by atoms with Crippen molar-refractivity contribution in [1.82, 2.24) is 5.32 Å². The van der Waals surface area contributed by atoms with E-state index in [1.165, 1.54) is 6.26 Å². The summed E-state index contributed by atoms with van der Waals surface area (Å²) in [6.07, 6.45) is 1.89. The summed E-state index contributed by atoms with van der Waals surface area (Å²) < 4.78 is 22.1. The van der Waals surface area contributed by atoms with Crippen molar-refractivity contribution in [2.45, 2.75) is 12.3 Å². The Labute approximate surface area is 113 Å². The van der Waals surface area contributed by atoms with Crippen LogP contribution >= 0.6 is 0 Å². The minimum absolute atomic E-state index is 0.0225. The van der Waals surface area contributed by atoms with E-state index in [1.807, 2.05) is 24.3 Å². The Hall–Kier alpha value is -1.56. The molecule has 19 heavy (non-hydrogen) atoms. The van der Waals surface area contributed by atoms with E-state index in [9.17, 15) is 13.2 Å². The van der Waals surface area contributed by atoms with Crippen LogP contribution in [0.5, 0.6) is 0 Å². The minimum Gasteiger partial charge on any atom is -0.385 e. The van der Waals surface area contributed by atoms with Crippen molar-refractivity contribution in [3.8, 4) is 0 Å². The summed E-state index contributed by atoms with van der Waals surface area (Å²) in [5.41, 5.74) is 1.96. The minimum atomic E-state index is -3.04. The second kappa shape index (κ2) is 5.61. The van der Waals surface area contributed by atoms with Gasteiger partial charge < -0.3 is 10.6 Å². The smallest absolute Gasteiger partial charge is 0.227 e.